The minimum atomic E-state index is -0.0770. The Morgan fingerprint density at radius 1 is 1.12 bits per heavy atom. The zero-order valence-corrected chi connectivity index (χ0v) is 18.6. The van der Waals surface area contributed by atoms with Crippen molar-refractivity contribution in [1.29, 1.82) is 0 Å². The molecule has 32 heavy (non-hydrogen) atoms. The molecule has 5 rings (SSSR count). The fourth-order valence-electron chi connectivity index (χ4n) is 4.20. The molecular formula is C24H25N5O2S. The normalized spacial score (nSPS) is 13.2. The van der Waals surface area contributed by atoms with Gasteiger partial charge in [-0.15, -0.1) is 11.3 Å². The van der Waals surface area contributed by atoms with Crippen molar-refractivity contribution in [2.24, 2.45) is 0 Å². The fourth-order valence-corrected chi connectivity index (χ4v) is 5.42. The van der Waals surface area contributed by atoms with Crippen LogP contribution in [0.4, 0.5) is 0 Å². The standard InChI is InChI=1S/C24H25N5O2S/c30-21(25-13-10-17-11-15-29(27-17)18-6-2-1-3-7-18)12-14-28-16-26-23-22(24(28)31)19-8-4-5-9-20(19)32-23/h1-3,6-7,11,15-16H,4-5,8-10,12-14H2,(H,25,30). The van der Waals surface area contributed by atoms with Gasteiger partial charge in [0.15, 0.2) is 0 Å². The number of aryl methyl sites for hydroxylation is 3. The van der Waals surface area contributed by atoms with E-state index in [1.165, 1.54) is 16.9 Å². The van der Waals surface area contributed by atoms with Crippen molar-refractivity contribution >= 4 is 27.5 Å². The molecule has 164 valence electrons. The van der Waals surface area contributed by atoms with Gasteiger partial charge < -0.3 is 5.32 Å². The third-order valence-electron chi connectivity index (χ3n) is 5.89. The second-order valence-corrected chi connectivity index (χ2v) is 9.15. The molecule has 8 heteroatoms. The van der Waals surface area contributed by atoms with Crippen molar-refractivity contribution < 1.29 is 4.79 Å². The van der Waals surface area contributed by atoms with Crippen LogP contribution in [0.1, 0.15) is 35.4 Å². The average molecular weight is 448 g/mol. The van der Waals surface area contributed by atoms with Gasteiger partial charge in [0.2, 0.25) is 5.91 Å². The number of hydrogen-bond acceptors (Lipinski definition) is 5. The van der Waals surface area contributed by atoms with Crippen molar-refractivity contribution in [3.8, 4) is 5.69 Å². The molecule has 3 aromatic heterocycles. The van der Waals surface area contributed by atoms with Crippen LogP contribution in [0.5, 0.6) is 0 Å². The van der Waals surface area contributed by atoms with E-state index in [1.807, 2.05) is 47.3 Å². The summed E-state index contributed by atoms with van der Waals surface area (Å²) in [6, 6.07) is 11.9. The molecule has 1 N–H and O–H groups in total. The Hall–Kier alpha value is -3.26. The Labute approximate surface area is 189 Å². The molecule has 0 saturated carbocycles. The number of carbonyl (C=O) groups is 1. The quantitative estimate of drug-likeness (QED) is 0.471. The second kappa shape index (κ2) is 9.08. The van der Waals surface area contributed by atoms with Crippen LogP contribution in [0.2, 0.25) is 0 Å². The van der Waals surface area contributed by atoms with Crippen LogP contribution in [0, 0.1) is 0 Å². The van der Waals surface area contributed by atoms with Gasteiger partial charge in [-0.3, -0.25) is 14.2 Å². The summed E-state index contributed by atoms with van der Waals surface area (Å²) in [7, 11) is 0. The number of hydrogen-bond donors (Lipinski definition) is 1. The summed E-state index contributed by atoms with van der Waals surface area (Å²) in [5.74, 6) is -0.0770. The Morgan fingerprint density at radius 2 is 1.97 bits per heavy atom. The maximum Gasteiger partial charge on any atom is 0.262 e. The minimum Gasteiger partial charge on any atom is -0.356 e. The highest BCUT2D eigenvalue weighted by molar-refractivity contribution is 7.18. The van der Waals surface area contributed by atoms with Gasteiger partial charge in [0.1, 0.15) is 4.83 Å². The van der Waals surface area contributed by atoms with Crippen molar-refractivity contribution in [2.75, 3.05) is 6.54 Å². The molecule has 0 spiro atoms. The predicted molar refractivity (Wildman–Crippen MR) is 125 cm³/mol. The summed E-state index contributed by atoms with van der Waals surface area (Å²) in [6.45, 7) is 0.843. The number of para-hydroxylation sites is 1. The van der Waals surface area contributed by atoms with Crippen molar-refractivity contribution in [3.05, 3.63) is 75.4 Å². The molecule has 4 aromatic rings. The van der Waals surface area contributed by atoms with Crippen LogP contribution >= 0.6 is 11.3 Å². The highest BCUT2D eigenvalue weighted by atomic mass is 32.1. The second-order valence-electron chi connectivity index (χ2n) is 8.07. The third kappa shape index (κ3) is 4.23. The van der Waals surface area contributed by atoms with Crippen molar-refractivity contribution in [2.45, 2.75) is 45.1 Å². The molecule has 3 heterocycles. The summed E-state index contributed by atoms with van der Waals surface area (Å²) in [6.07, 6.45) is 8.71. The van der Waals surface area contributed by atoms with E-state index in [4.69, 9.17) is 0 Å². The highest BCUT2D eigenvalue weighted by Gasteiger charge is 2.20. The van der Waals surface area contributed by atoms with Gasteiger partial charge in [-0.2, -0.15) is 5.10 Å². The lowest BCUT2D eigenvalue weighted by Gasteiger charge is -2.10. The van der Waals surface area contributed by atoms with Gasteiger partial charge in [0, 0.05) is 37.0 Å². The number of rotatable bonds is 7. The maximum atomic E-state index is 13.0. The summed E-state index contributed by atoms with van der Waals surface area (Å²) in [5, 5.41) is 8.25. The van der Waals surface area contributed by atoms with E-state index in [9.17, 15) is 9.59 Å². The largest absolute Gasteiger partial charge is 0.356 e. The Balaban J connectivity index is 1.15. The average Bonchev–Trinajstić information content (AvgIpc) is 3.44. The highest BCUT2D eigenvalue weighted by Crippen LogP contribution is 2.33. The van der Waals surface area contributed by atoms with Gasteiger partial charge >= 0.3 is 0 Å². The number of amides is 1. The molecule has 1 aliphatic carbocycles. The van der Waals surface area contributed by atoms with Crippen LogP contribution in [-0.4, -0.2) is 31.8 Å². The van der Waals surface area contributed by atoms with Gasteiger partial charge in [-0.05, 0) is 49.4 Å². The molecule has 0 atom stereocenters. The topological polar surface area (TPSA) is 81.8 Å². The number of nitrogens with zero attached hydrogens (tertiary/aromatic N) is 4. The van der Waals surface area contributed by atoms with E-state index in [0.717, 1.165) is 40.9 Å². The number of benzene rings is 1. The van der Waals surface area contributed by atoms with Gasteiger partial charge in [0.25, 0.3) is 5.56 Å². The van der Waals surface area contributed by atoms with E-state index >= 15 is 0 Å². The number of carbonyl (C=O) groups excluding carboxylic acids is 1. The summed E-state index contributed by atoms with van der Waals surface area (Å²) in [4.78, 5) is 31.9. The SMILES string of the molecule is O=C(CCn1cnc2sc3c(c2c1=O)CCCC3)NCCc1ccn(-c2ccccc2)n1. The molecule has 0 radical (unpaired) electrons. The van der Waals surface area contributed by atoms with E-state index in [2.05, 4.69) is 15.4 Å². The smallest absolute Gasteiger partial charge is 0.262 e. The zero-order valence-electron chi connectivity index (χ0n) is 17.8. The first kappa shape index (κ1) is 20.6. The van der Waals surface area contributed by atoms with Gasteiger partial charge in [0.05, 0.1) is 23.1 Å². The van der Waals surface area contributed by atoms with Crippen LogP contribution in [0.3, 0.4) is 0 Å². The van der Waals surface area contributed by atoms with Crippen molar-refractivity contribution in [1.82, 2.24) is 24.6 Å². The molecule has 0 fully saturated rings. The molecule has 0 bridgehead atoms. The summed E-state index contributed by atoms with van der Waals surface area (Å²) in [5.41, 5.74) is 3.09. The van der Waals surface area contributed by atoms with Crippen LogP contribution < -0.4 is 10.9 Å². The van der Waals surface area contributed by atoms with E-state index in [1.54, 1.807) is 22.2 Å². The minimum absolute atomic E-state index is 0.0198. The van der Waals surface area contributed by atoms with E-state index in [-0.39, 0.29) is 17.9 Å². The molecule has 1 amide bonds. The fraction of sp³-hybridized carbons (Fsp3) is 0.333. The molecule has 0 aliphatic heterocycles. The lowest BCUT2D eigenvalue weighted by molar-refractivity contribution is -0.121. The van der Waals surface area contributed by atoms with E-state index < -0.39 is 0 Å². The maximum absolute atomic E-state index is 13.0. The Morgan fingerprint density at radius 3 is 2.84 bits per heavy atom. The monoisotopic (exact) mass is 447 g/mol. The summed E-state index contributed by atoms with van der Waals surface area (Å²) >= 11 is 1.64. The lowest BCUT2D eigenvalue weighted by atomic mass is 9.97. The Kier molecular flexibility index (Phi) is 5.85. The Bertz CT molecular complexity index is 1310. The zero-order chi connectivity index (χ0) is 21.9. The molecule has 1 aromatic carbocycles. The number of nitrogens with one attached hydrogen (secondary N) is 1. The summed E-state index contributed by atoms with van der Waals surface area (Å²) < 4.78 is 3.40. The predicted octanol–water partition coefficient (Wildman–Crippen LogP) is 3.27. The first-order valence-corrected chi connectivity index (χ1v) is 11.9. The molecule has 1 aliphatic rings. The first-order valence-electron chi connectivity index (χ1n) is 11.1. The molecule has 0 unspecified atom stereocenters. The van der Waals surface area contributed by atoms with Crippen LogP contribution in [0.25, 0.3) is 15.9 Å². The first-order chi connectivity index (χ1) is 15.7. The third-order valence-corrected chi connectivity index (χ3v) is 7.09. The number of aromatic nitrogens is 4. The molecular weight excluding hydrogens is 422 g/mol. The number of fused-ring (bicyclic) bond motifs is 3. The van der Waals surface area contributed by atoms with Gasteiger partial charge in [-0.25, -0.2) is 9.67 Å². The van der Waals surface area contributed by atoms with Crippen LogP contribution in [0.15, 0.2) is 53.7 Å². The molecule has 7 nitrogen and oxygen atoms in total. The molecule has 0 saturated heterocycles. The lowest BCUT2D eigenvalue weighted by Crippen LogP contribution is -2.29. The van der Waals surface area contributed by atoms with E-state index in [0.29, 0.717) is 19.5 Å². The number of thiophene rings is 1. The van der Waals surface area contributed by atoms with Crippen molar-refractivity contribution in [3.63, 3.8) is 0 Å². The van der Waals surface area contributed by atoms with Crippen LogP contribution in [-0.2, 0) is 30.6 Å². The van der Waals surface area contributed by atoms with Gasteiger partial charge in [-0.1, -0.05) is 18.2 Å².